The van der Waals surface area contributed by atoms with E-state index < -0.39 is 0 Å². The predicted octanol–water partition coefficient (Wildman–Crippen LogP) is 2.15. The van der Waals surface area contributed by atoms with E-state index in [1.165, 1.54) is 12.2 Å². The molecule has 0 aromatic carbocycles. The molecular weight excluding hydrogens is 282 g/mol. The number of hydrogen-bond acceptors (Lipinski definition) is 5. The Morgan fingerprint density at radius 3 is 3.19 bits per heavy atom. The monoisotopic (exact) mass is 307 g/mol. The zero-order valence-electron chi connectivity index (χ0n) is 12.5. The summed E-state index contributed by atoms with van der Waals surface area (Å²) < 4.78 is 6.11. The Labute approximate surface area is 131 Å². The first-order valence-electron chi connectivity index (χ1n) is 7.89. The number of nitrogens with one attached hydrogen (secondary N) is 1. The summed E-state index contributed by atoms with van der Waals surface area (Å²) in [6, 6.07) is 6.46. The average Bonchev–Trinajstić information content (AvgIpc) is 2.97. The number of aryl methyl sites for hydroxylation is 1. The van der Waals surface area contributed by atoms with Gasteiger partial charge in [-0.1, -0.05) is 6.07 Å². The molecule has 2 aliphatic rings. The summed E-state index contributed by atoms with van der Waals surface area (Å²) in [7, 11) is 0. The first kappa shape index (κ1) is 15.3. The molecule has 3 atom stereocenters. The minimum absolute atomic E-state index is 0.133. The summed E-state index contributed by atoms with van der Waals surface area (Å²) in [6.07, 6.45) is 7.35. The first-order valence-corrected chi connectivity index (χ1v) is 9.04. The number of pyridine rings is 1. The van der Waals surface area contributed by atoms with E-state index in [0.29, 0.717) is 12.0 Å². The minimum atomic E-state index is 0.133. The van der Waals surface area contributed by atoms with Crippen LogP contribution in [0.1, 0.15) is 31.4 Å². The Bertz CT molecular complexity index is 436. The van der Waals surface area contributed by atoms with Crippen molar-refractivity contribution in [3.05, 3.63) is 30.1 Å². The number of hydrazine groups is 1. The van der Waals surface area contributed by atoms with Crippen LogP contribution in [0.15, 0.2) is 24.4 Å². The van der Waals surface area contributed by atoms with Crippen molar-refractivity contribution in [2.45, 2.75) is 43.7 Å². The summed E-state index contributed by atoms with van der Waals surface area (Å²) in [5.74, 6) is 8.85. The van der Waals surface area contributed by atoms with E-state index in [1.54, 1.807) is 0 Å². The third-order valence-corrected chi connectivity index (χ3v) is 6.04. The third kappa shape index (κ3) is 3.77. The maximum Gasteiger partial charge on any atom is 0.0783 e. The molecule has 4 nitrogen and oxygen atoms in total. The van der Waals surface area contributed by atoms with Crippen molar-refractivity contribution in [3.63, 3.8) is 0 Å². The van der Waals surface area contributed by atoms with Crippen LogP contribution >= 0.6 is 11.8 Å². The number of nitrogens with zero attached hydrogens (tertiary/aromatic N) is 1. The molecule has 2 saturated heterocycles. The summed E-state index contributed by atoms with van der Waals surface area (Å²) >= 11 is 2.02. The first-order chi connectivity index (χ1) is 10.3. The van der Waals surface area contributed by atoms with Gasteiger partial charge in [0.25, 0.3) is 0 Å². The summed E-state index contributed by atoms with van der Waals surface area (Å²) in [5, 5.41) is 0. The molecule has 5 heteroatoms. The molecule has 0 aliphatic carbocycles. The van der Waals surface area contributed by atoms with Crippen molar-refractivity contribution >= 4 is 11.8 Å². The molecule has 1 spiro atoms. The van der Waals surface area contributed by atoms with E-state index in [1.807, 2.05) is 30.1 Å². The zero-order chi connectivity index (χ0) is 14.5. The summed E-state index contributed by atoms with van der Waals surface area (Å²) in [5.41, 5.74) is 4.34. The SMILES string of the molecule is NNC(CCc1ccccn1)C1CCOC2(CCSC2)C1. The molecular formula is C16H25N3OS. The average molecular weight is 307 g/mol. The number of hydrogen-bond donors (Lipinski definition) is 2. The number of thioether (sulfide) groups is 1. The van der Waals surface area contributed by atoms with E-state index in [4.69, 9.17) is 10.6 Å². The fourth-order valence-electron chi connectivity index (χ4n) is 3.58. The molecule has 0 radical (unpaired) electrons. The molecule has 116 valence electrons. The standard InChI is InChI=1S/C16H25N3OS/c17-19-15(5-4-14-3-1-2-8-18-14)13-6-9-20-16(11-13)7-10-21-12-16/h1-3,8,13,15,19H,4-7,9-12,17H2. The predicted molar refractivity (Wildman–Crippen MR) is 87.0 cm³/mol. The summed E-state index contributed by atoms with van der Waals surface area (Å²) in [6.45, 7) is 0.882. The Hall–Kier alpha value is -0.620. The molecule has 1 aromatic rings. The largest absolute Gasteiger partial charge is 0.374 e. The molecule has 3 N–H and O–H groups in total. The van der Waals surface area contributed by atoms with Gasteiger partial charge in [-0.25, -0.2) is 0 Å². The summed E-state index contributed by atoms with van der Waals surface area (Å²) in [4.78, 5) is 4.40. The number of ether oxygens (including phenoxy) is 1. The van der Waals surface area contributed by atoms with Gasteiger partial charge in [-0.2, -0.15) is 11.8 Å². The van der Waals surface area contributed by atoms with Crippen molar-refractivity contribution in [1.82, 2.24) is 10.4 Å². The quantitative estimate of drug-likeness (QED) is 0.645. The van der Waals surface area contributed by atoms with E-state index in [9.17, 15) is 0 Å². The molecule has 3 rings (SSSR count). The molecule has 1 aromatic heterocycles. The second-order valence-corrected chi connectivity index (χ2v) is 7.33. The second kappa shape index (κ2) is 7.09. The van der Waals surface area contributed by atoms with Crippen molar-refractivity contribution in [2.75, 3.05) is 18.1 Å². The van der Waals surface area contributed by atoms with Gasteiger partial charge in [0, 0.05) is 30.3 Å². The molecule has 3 unspecified atom stereocenters. The lowest BCUT2D eigenvalue weighted by atomic mass is 9.80. The van der Waals surface area contributed by atoms with Gasteiger partial charge in [0.1, 0.15) is 0 Å². The van der Waals surface area contributed by atoms with Crippen molar-refractivity contribution in [2.24, 2.45) is 11.8 Å². The van der Waals surface area contributed by atoms with Crippen LogP contribution in [0.25, 0.3) is 0 Å². The lowest BCUT2D eigenvalue weighted by Gasteiger charge is -2.40. The van der Waals surface area contributed by atoms with Gasteiger partial charge in [0.05, 0.1) is 5.60 Å². The van der Waals surface area contributed by atoms with Crippen LogP contribution in [-0.2, 0) is 11.2 Å². The fraction of sp³-hybridized carbons (Fsp3) is 0.688. The Balaban J connectivity index is 1.57. The molecule has 2 aliphatic heterocycles. The minimum Gasteiger partial charge on any atom is -0.374 e. The molecule has 0 saturated carbocycles. The second-order valence-electron chi connectivity index (χ2n) is 6.22. The van der Waals surface area contributed by atoms with Crippen LogP contribution in [0.3, 0.4) is 0 Å². The molecule has 2 fully saturated rings. The number of nitrogens with two attached hydrogens (primary N) is 1. The lowest BCUT2D eigenvalue weighted by molar-refractivity contribution is -0.0855. The molecule has 21 heavy (non-hydrogen) atoms. The highest BCUT2D eigenvalue weighted by atomic mass is 32.2. The van der Waals surface area contributed by atoms with Crippen LogP contribution in [0.4, 0.5) is 0 Å². The van der Waals surface area contributed by atoms with Crippen LogP contribution < -0.4 is 11.3 Å². The maximum absolute atomic E-state index is 6.11. The maximum atomic E-state index is 6.11. The van der Waals surface area contributed by atoms with E-state index in [-0.39, 0.29) is 5.60 Å². The van der Waals surface area contributed by atoms with Crippen LogP contribution in [0, 0.1) is 5.92 Å². The van der Waals surface area contributed by atoms with E-state index in [2.05, 4.69) is 16.5 Å². The van der Waals surface area contributed by atoms with Crippen LogP contribution in [0.2, 0.25) is 0 Å². The Morgan fingerprint density at radius 1 is 1.52 bits per heavy atom. The third-order valence-electron chi connectivity index (χ3n) is 4.82. The van der Waals surface area contributed by atoms with Gasteiger partial charge in [-0.15, -0.1) is 0 Å². The smallest absolute Gasteiger partial charge is 0.0783 e. The van der Waals surface area contributed by atoms with Crippen molar-refractivity contribution in [3.8, 4) is 0 Å². The van der Waals surface area contributed by atoms with Crippen molar-refractivity contribution in [1.29, 1.82) is 0 Å². The van der Waals surface area contributed by atoms with E-state index >= 15 is 0 Å². The fourth-order valence-corrected chi connectivity index (χ4v) is 4.96. The Morgan fingerprint density at radius 2 is 2.48 bits per heavy atom. The van der Waals surface area contributed by atoms with Crippen molar-refractivity contribution < 1.29 is 4.74 Å². The number of rotatable bonds is 5. The normalized spacial score (nSPS) is 30.6. The Kier molecular flexibility index (Phi) is 5.16. The van der Waals surface area contributed by atoms with Gasteiger partial charge in [-0.05, 0) is 55.9 Å². The molecule has 0 amide bonds. The van der Waals surface area contributed by atoms with Gasteiger partial charge in [-0.3, -0.25) is 16.3 Å². The lowest BCUT2D eigenvalue weighted by Crippen LogP contribution is -2.49. The highest BCUT2D eigenvalue weighted by Gasteiger charge is 2.42. The van der Waals surface area contributed by atoms with E-state index in [0.717, 1.165) is 43.7 Å². The topological polar surface area (TPSA) is 60.2 Å². The molecule has 0 bridgehead atoms. The van der Waals surface area contributed by atoms with Crippen LogP contribution in [-0.4, -0.2) is 34.7 Å². The highest BCUT2D eigenvalue weighted by Crippen LogP contribution is 2.41. The van der Waals surface area contributed by atoms with Gasteiger partial charge >= 0.3 is 0 Å². The van der Waals surface area contributed by atoms with Gasteiger partial charge in [0.2, 0.25) is 0 Å². The highest BCUT2D eigenvalue weighted by molar-refractivity contribution is 7.99. The molecule has 3 heterocycles. The number of aromatic nitrogens is 1. The zero-order valence-corrected chi connectivity index (χ0v) is 13.3. The van der Waals surface area contributed by atoms with Gasteiger partial charge < -0.3 is 4.74 Å². The van der Waals surface area contributed by atoms with Crippen LogP contribution in [0.5, 0.6) is 0 Å². The van der Waals surface area contributed by atoms with Gasteiger partial charge in [0.15, 0.2) is 0 Å².